The second-order valence-corrected chi connectivity index (χ2v) is 7.75. The van der Waals surface area contributed by atoms with Gasteiger partial charge in [0, 0.05) is 24.8 Å². The second kappa shape index (κ2) is 10.5. The third-order valence-corrected chi connectivity index (χ3v) is 4.52. The van der Waals surface area contributed by atoms with Gasteiger partial charge < -0.3 is 14.8 Å². The normalized spacial score (nSPS) is 11.6. The van der Waals surface area contributed by atoms with Crippen LogP contribution >= 0.6 is 0 Å². The van der Waals surface area contributed by atoms with Crippen molar-refractivity contribution in [3.8, 4) is 23.1 Å². The SMILES string of the molecule is COCCOc1nc(-c2cccc(C(F)(F)F)c2)n(-c2cccc(NC(=O)CC(C)C)c2)n1. The van der Waals surface area contributed by atoms with Crippen molar-refractivity contribution < 1.29 is 27.4 Å². The number of nitrogens with one attached hydrogen (secondary N) is 1. The number of alkyl halides is 3. The number of anilines is 1. The first kappa shape index (κ1) is 24.2. The van der Waals surface area contributed by atoms with Crippen molar-refractivity contribution in [1.82, 2.24) is 14.8 Å². The fraction of sp³-hybridized carbons (Fsp3) is 0.348. The van der Waals surface area contributed by atoms with Gasteiger partial charge in [0.05, 0.1) is 17.9 Å². The van der Waals surface area contributed by atoms with E-state index in [2.05, 4.69) is 15.4 Å². The van der Waals surface area contributed by atoms with E-state index >= 15 is 0 Å². The zero-order chi connectivity index (χ0) is 24.0. The number of amides is 1. The molecule has 0 fully saturated rings. The zero-order valence-corrected chi connectivity index (χ0v) is 18.5. The molecule has 2 aromatic carbocycles. The molecule has 1 aromatic heterocycles. The number of halogens is 3. The molecule has 1 N–H and O–H groups in total. The van der Waals surface area contributed by atoms with Crippen molar-refractivity contribution in [2.45, 2.75) is 26.4 Å². The Hall–Kier alpha value is -3.40. The van der Waals surface area contributed by atoms with E-state index < -0.39 is 11.7 Å². The van der Waals surface area contributed by atoms with Gasteiger partial charge in [-0.3, -0.25) is 4.79 Å². The second-order valence-electron chi connectivity index (χ2n) is 7.75. The monoisotopic (exact) mass is 462 g/mol. The molecule has 33 heavy (non-hydrogen) atoms. The van der Waals surface area contributed by atoms with Crippen LogP contribution in [0.1, 0.15) is 25.8 Å². The Morgan fingerprint density at radius 3 is 2.58 bits per heavy atom. The van der Waals surface area contributed by atoms with Crippen molar-refractivity contribution in [2.75, 3.05) is 25.6 Å². The van der Waals surface area contributed by atoms with E-state index in [4.69, 9.17) is 9.47 Å². The molecule has 0 aliphatic carbocycles. The standard InChI is InChI=1S/C23H25F3N4O3/c1-15(2)12-20(31)27-18-8-5-9-19(14-18)30-21(28-22(29-30)33-11-10-32-3)16-6-4-7-17(13-16)23(24,25)26/h4-9,13-15H,10-12H2,1-3H3,(H,27,31). The van der Waals surface area contributed by atoms with E-state index in [9.17, 15) is 18.0 Å². The lowest BCUT2D eigenvalue weighted by Crippen LogP contribution is -2.14. The highest BCUT2D eigenvalue weighted by Gasteiger charge is 2.31. The summed E-state index contributed by atoms with van der Waals surface area (Å²) in [6, 6.07) is 11.6. The quantitative estimate of drug-likeness (QED) is 0.455. The number of ether oxygens (including phenoxy) is 2. The minimum Gasteiger partial charge on any atom is -0.460 e. The molecule has 0 spiro atoms. The summed E-state index contributed by atoms with van der Waals surface area (Å²) in [6.07, 6.45) is -4.14. The topological polar surface area (TPSA) is 78.3 Å². The van der Waals surface area contributed by atoms with Crippen LogP contribution in [0.25, 0.3) is 17.1 Å². The van der Waals surface area contributed by atoms with Crippen LogP contribution in [0.5, 0.6) is 6.01 Å². The van der Waals surface area contributed by atoms with Crippen molar-refractivity contribution in [2.24, 2.45) is 5.92 Å². The molecule has 3 rings (SSSR count). The Bertz CT molecular complexity index is 1100. The molecule has 176 valence electrons. The lowest BCUT2D eigenvalue weighted by atomic mass is 10.1. The summed E-state index contributed by atoms with van der Waals surface area (Å²) in [7, 11) is 1.52. The van der Waals surface area contributed by atoms with Crippen LogP contribution in [-0.2, 0) is 15.7 Å². The van der Waals surface area contributed by atoms with Gasteiger partial charge in [-0.25, -0.2) is 4.68 Å². The van der Waals surface area contributed by atoms with Crippen LogP contribution in [-0.4, -0.2) is 41.0 Å². The smallest absolute Gasteiger partial charge is 0.416 e. The number of rotatable bonds is 9. The van der Waals surface area contributed by atoms with Gasteiger partial charge in [-0.1, -0.05) is 32.0 Å². The molecule has 3 aromatic rings. The number of methoxy groups -OCH3 is 1. The number of aromatic nitrogens is 3. The highest BCUT2D eigenvalue weighted by molar-refractivity contribution is 5.91. The summed E-state index contributed by atoms with van der Waals surface area (Å²) in [6.45, 7) is 4.36. The average Bonchev–Trinajstić information content (AvgIpc) is 3.17. The summed E-state index contributed by atoms with van der Waals surface area (Å²) in [4.78, 5) is 16.5. The number of hydrogen-bond acceptors (Lipinski definition) is 5. The van der Waals surface area contributed by atoms with Crippen LogP contribution < -0.4 is 10.1 Å². The Kier molecular flexibility index (Phi) is 7.70. The van der Waals surface area contributed by atoms with Crippen LogP contribution in [0.3, 0.4) is 0 Å². The number of nitrogens with zero attached hydrogens (tertiary/aromatic N) is 3. The van der Waals surface area contributed by atoms with Crippen molar-refractivity contribution >= 4 is 11.6 Å². The Morgan fingerprint density at radius 2 is 1.88 bits per heavy atom. The molecule has 0 atom stereocenters. The summed E-state index contributed by atoms with van der Waals surface area (Å²) in [5, 5.41) is 7.15. The van der Waals surface area contributed by atoms with Gasteiger partial charge in [0.15, 0.2) is 5.82 Å². The number of benzene rings is 2. The van der Waals surface area contributed by atoms with Crippen LogP contribution in [0.4, 0.5) is 18.9 Å². The Labute approximate surface area is 189 Å². The van der Waals surface area contributed by atoms with E-state index in [1.807, 2.05) is 13.8 Å². The van der Waals surface area contributed by atoms with Gasteiger partial charge in [-0.15, -0.1) is 5.10 Å². The number of carbonyl (C=O) groups excluding carboxylic acids is 1. The fourth-order valence-corrected chi connectivity index (χ4v) is 3.07. The van der Waals surface area contributed by atoms with E-state index in [0.717, 1.165) is 12.1 Å². The molecule has 0 saturated carbocycles. The summed E-state index contributed by atoms with van der Waals surface area (Å²) < 4.78 is 51.6. The van der Waals surface area contributed by atoms with Gasteiger partial charge in [-0.05, 0) is 36.2 Å². The molecule has 0 aliphatic heterocycles. The molecule has 7 nitrogen and oxygen atoms in total. The van der Waals surface area contributed by atoms with Crippen LogP contribution in [0, 0.1) is 5.92 Å². The number of carbonyl (C=O) groups is 1. The van der Waals surface area contributed by atoms with Gasteiger partial charge >= 0.3 is 12.2 Å². The van der Waals surface area contributed by atoms with Gasteiger partial charge in [-0.2, -0.15) is 18.2 Å². The van der Waals surface area contributed by atoms with E-state index in [1.54, 1.807) is 24.3 Å². The minimum absolute atomic E-state index is 0.00583. The summed E-state index contributed by atoms with van der Waals surface area (Å²) in [5.41, 5.74) is 0.448. The maximum Gasteiger partial charge on any atom is 0.416 e. The molecular weight excluding hydrogens is 437 g/mol. The lowest BCUT2D eigenvalue weighted by Gasteiger charge is -2.11. The van der Waals surface area contributed by atoms with E-state index in [1.165, 1.54) is 23.9 Å². The predicted octanol–water partition coefficient (Wildman–Crippen LogP) is 4.96. The molecule has 0 aliphatic rings. The van der Waals surface area contributed by atoms with E-state index in [0.29, 0.717) is 24.4 Å². The van der Waals surface area contributed by atoms with Crippen LogP contribution in [0.2, 0.25) is 0 Å². The Balaban J connectivity index is 2.01. The fourth-order valence-electron chi connectivity index (χ4n) is 3.07. The van der Waals surface area contributed by atoms with Gasteiger partial charge in [0.1, 0.15) is 6.61 Å². The summed E-state index contributed by atoms with van der Waals surface area (Å²) in [5.74, 6) is 0.226. The molecule has 0 radical (unpaired) electrons. The van der Waals surface area contributed by atoms with Crippen molar-refractivity contribution in [1.29, 1.82) is 0 Å². The average molecular weight is 462 g/mol. The van der Waals surface area contributed by atoms with E-state index in [-0.39, 0.29) is 35.8 Å². The first-order valence-corrected chi connectivity index (χ1v) is 10.3. The molecule has 10 heteroatoms. The van der Waals surface area contributed by atoms with Gasteiger partial charge in [0.25, 0.3) is 0 Å². The lowest BCUT2D eigenvalue weighted by molar-refractivity contribution is -0.137. The van der Waals surface area contributed by atoms with Gasteiger partial charge in [0.2, 0.25) is 5.91 Å². The maximum atomic E-state index is 13.3. The molecule has 1 heterocycles. The molecule has 0 saturated heterocycles. The zero-order valence-electron chi connectivity index (χ0n) is 18.5. The van der Waals surface area contributed by atoms with Crippen molar-refractivity contribution in [3.63, 3.8) is 0 Å². The maximum absolute atomic E-state index is 13.3. The summed E-state index contributed by atoms with van der Waals surface area (Å²) >= 11 is 0. The molecule has 1 amide bonds. The molecular formula is C23H25F3N4O3. The predicted molar refractivity (Wildman–Crippen MR) is 117 cm³/mol. The third-order valence-electron chi connectivity index (χ3n) is 4.52. The Morgan fingerprint density at radius 1 is 1.12 bits per heavy atom. The van der Waals surface area contributed by atoms with Crippen molar-refractivity contribution in [3.05, 3.63) is 54.1 Å². The highest BCUT2D eigenvalue weighted by Crippen LogP contribution is 2.33. The van der Waals surface area contributed by atoms with Crippen LogP contribution in [0.15, 0.2) is 48.5 Å². The number of hydrogen-bond donors (Lipinski definition) is 1. The first-order chi connectivity index (χ1) is 15.7. The molecule has 0 bridgehead atoms. The first-order valence-electron chi connectivity index (χ1n) is 10.3. The molecule has 0 unspecified atom stereocenters. The third kappa shape index (κ3) is 6.55. The highest BCUT2D eigenvalue weighted by atomic mass is 19.4. The largest absolute Gasteiger partial charge is 0.460 e. The minimum atomic E-state index is -4.50.